The summed E-state index contributed by atoms with van der Waals surface area (Å²) in [6.45, 7) is -0.256. The average molecular weight is 487 g/mol. The normalized spacial score (nSPS) is 20.1. The number of furan rings is 1. The molecular weight excluding hydrogens is 467 g/mol. The van der Waals surface area contributed by atoms with Crippen molar-refractivity contribution < 1.29 is 18.3 Å². The van der Waals surface area contributed by atoms with E-state index in [1.165, 1.54) is 11.3 Å². The van der Waals surface area contributed by atoms with Crippen LogP contribution in [-0.2, 0) is 16.1 Å². The first-order chi connectivity index (χ1) is 16.4. The standard InChI is InChI=1S/C23H20ClFN4O5/c24-15-7-5-14(6-8-15)17-11-18(19-3-1-9-33-19)29(26-17)20(30)13-28-22(31)16(25)12-27(23(28)32)21-4-2-10-34-21/h1,3,5-9,12,18,21H,2,4,10-11,13H2/t18-,21+/m1/s1. The van der Waals surface area contributed by atoms with Gasteiger partial charge in [-0.3, -0.25) is 14.2 Å². The lowest BCUT2D eigenvalue weighted by molar-refractivity contribution is -0.134. The van der Waals surface area contributed by atoms with Gasteiger partial charge in [0.2, 0.25) is 5.82 Å². The van der Waals surface area contributed by atoms with Gasteiger partial charge >= 0.3 is 5.69 Å². The number of nitrogens with zero attached hydrogens (tertiary/aromatic N) is 4. The summed E-state index contributed by atoms with van der Waals surface area (Å²) in [6.07, 6.45) is 3.19. The largest absolute Gasteiger partial charge is 0.467 e. The Labute approximate surface area is 197 Å². The van der Waals surface area contributed by atoms with Gasteiger partial charge in [0.05, 0.1) is 18.2 Å². The predicted molar refractivity (Wildman–Crippen MR) is 120 cm³/mol. The van der Waals surface area contributed by atoms with E-state index in [2.05, 4.69) is 5.10 Å². The Balaban J connectivity index is 1.49. The molecule has 0 spiro atoms. The maximum absolute atomic E-state index is 14.4. The van der Waals surface area contributed by atoms with Crippen molar-refractivity contribution in [3.05, 3.63) is 91.9 Å². The van der Waals surface area contributed by atoms with Crippen LogP contribution in [0.15, 0.2) is 68.0 Å². The molecule has 3 aromatic rings. The number of halogens is 2. The number of ether oxygens (including phenoxy) is 1. The number of hydrogen-bond acceptors (Lipinski definition) is 6. The van der Waals surface area contributed by atoms with Gasteiger partial charge < -0.3 is 9.15 Å². The second-order valence-corrected chi connectivity index (χ2v) is 8.49. The van der Waals surface area contributed by atoms with Gasteiger partial charge in [-0.1, -0.05) is 23.7 Å². The van der Waals surface area contributed by atoms with E-state index in [9.17, 15) is 18.8 Å². The van der Waals surface area contributed by atoms with Crippen molar-refractivity contribution in [1.82, 2.24) is 14.1 Å². The maximum Gasteiger partial charge on any atom is 0.333 e. The third kappa shape index (κ3) is 4.10. The van der Waals surface area contributed by atoms with Crippen LogP contribution in [0, 0.1) is 5.82 Å². The number of carbonyl (C=O) groups is 1. The summed E-state index contributed by atoms with van der Waals surface area (Å²) in [5.74, 6) is -1.31. The van der Waals surface area contributed by atoms with E-state index in [0.29, 0.717) is 46.9 Å². The third-order valence-corrected chi connectivity index (χ3v) is 6.13. The SMILES string of the molecule is O=C(Cn1c(=O)c(F)cn([C@@H]2CCCO2)c1=O)N1N=C(c2ccc(Cl)cc2)C[C@@H]1c1ccco1. The van der Waals surface area contributed by atoms with Crippen molar-refractivity contribution >= 4 is 23.2 Å². The molecule has 4 heterocycles. The zero-order valence-electron chi connectivity index (χ0n) is 17.9. The fraction of sp³-hybridized carbons (Fsp3) is 0.304. The second-order valence-electron chi connectivity index (χ2n) is 8.05. The summed E-state index contributed by atoms with van der Waals surface area (Å²) in [6, 6.07) is 9.81. The van der Waals surface area contributed by atoms with E-state index in [-0.39, 0.29) is 0 Å². The number of rotatable bonds is 5. The summed E-state index contributed by atoms with van der Waals surface area (Å²) >= 11 is 5.98. The Hall–Kier alpha value is -3.50. The Bertz CT molecular complexity index is 1360. The minimum absolute atomic E-state index is 0.346. The molecule has 0 radical (unpaired) electrons. The van der Waals surface area contributed by atoms with Crippen LogP contribution in [0.4, 0.5) is 4.39 Å². The van der Waals surface area contributed by atoms with Gasteiger partial charge in [0, 0.05) is 18.1 Å². The zero-order valence-corrected chi connectivity index (χ0v) is 18.7. The van der Waals surface area contributed by atoms with E-state index in [4.69, 9.17) is 20.8 Å². The number of hydrogen-bond donors (Lipinski definition) is 0. The number of hydrazone groups is 1. The van der Waals surface area contributed by atoms with E-state index >= 15 is 0 Å². The van der Waals surface area contributed by atoms with Gasteiger partial charge in [-0.05, 0) is 42.7 Å². The molecule has 9 nitrogen and oxygen atoms in total. The quantitative estimate of drug-likeness (QED) is 0.552. The monoisotopic (exact) mass is 486 g/mol. The van der Waals surface area contributed by atoms with E-state index in [1.54, 1.807) is 36.4 Å². The van der Waals surface area contributed by atoms with Crippen molar-refractivity contribution in [2.75, 3.05) is 6.61 Å². The molecule has 0 saturated carbocycles. The molecule has 0 bridgehead atoms. The van der Waals surface area contributed by atoms with Crippen molar-refractivity contribution in [2.45, 2.75) is 38.1 Å². The molecule has 34 heavy (non-hydrogen) atoms. The average Bonchev–Trinajstić information content (AvgIpc) is 3.60. The topological polar surface area (TPSA) is 99.0 Å². The molecule has 2 aromatic heterocycles. The summed E-state index contributed by atoms with van der Waals surface area (Å²) in [5, 5.41) is 6.20. The highest BCUT2D eigenvalue weighted by atomic mass is 35.5. The molecule has 1 fully saturated rings. The molecule has 2 atom stereocenters. The Kier molecular flexibility index (Phi) is 5.93. The van der Waals surface area contributed by atoms with Gasteiger partial charge in [0.15, 0.2) is 0 Å². The van der Waals surface area contributed by atoms with E-state index < -0.39 is 41.8 Å². The summed E-state index contributed by atoms with van der Waals surface area (Å²) in [4.78, 5) is 38.7. The molecule has 2 aliphatic rings. The van der Waals surface area contributed by atoms with Crippen molar-refractivity contribution in [3.8, 4) is 0 Å². The fourth-order valence-corrected chi connectivity index (χ4v) is 4.31. The number of aromatic nitrogens is 2. The highest BCUT2D eigenvalue weighted by molar-refractivity contribution is 6.30. The van der Waals surface area contributed by atoms with Crippen LogP contribution >= 0.6 is 11.6 Å². The summed E-state index contributed by atoms with van der Waals surface area (Å²) < 4.78 is 26.9. The van der Waals surface area contributed by atoms with Crippen LogP contribution in [0.1, 0.15) is 42.9 Å². The van der Waals surface area contributed by atoms with Gasteiger partial charge in [-0.2, -0.15) is 9.49 Å². The third-order valence-electron chi connectivity index (χ3n) is 5.88. The highest BCUT2D eigenvalue weighted by Crippen LogP contribution is 2.33. The van der Waals surface area contributed by atoms with E-state index in [0.717, 1.165) is 16.3 Å². The zero-order chi connectivity index (χ0) is 23.8. The van der Waals surface area contributed by atoms with Gasteiger partial charge in [-0.15, -0.1) is 0 Å². The molecule has 2 aliphatic heterocycles. The molecule has 0 unspecified atom stereocenters. The molecular formula is C23H20ClFN4O5. The fourth-order valence-electron chi connectivity index (χ4n) is 4.18. The van der Waals surface area contributed by atoms with Gasteiger partial charge in [0.1, 0.15) is 24.6 Å². The highest BCUT2D eigenvalue weighted by Gasteiger charge is 2.35. The molecule has 1 amide bonds. The Morgan fingerprint density at radius 3 is 2.68 bits per heavy atom. The van der Waals surface area contributed by atoms with Crippen LogP contribution in [-0.4, -0.2) is 32.4 Å². The van der Waals surface area contributed by atoms with Crippen LogP contribution in [0.25, 0.3) is 0 Å². The lowest BCUT2D eigenvalue weighted by Gasteiger charge is -2.21. The van der Waals surface area contributed by atoms with Gasteiger partial charge in [-0.25, -0.2) is 14.4 Å². The first kappa shape index (κ1) is 22.3. The first-order valence-electron chi connectivity index (χ1n) is 10.7. The molecule has 176 valence electrons. The molecule has 11 heteroatoms. The van der Waals surface area contributed by atoms with Crippen LogP contribution in [0.2, 0.25) is 5.02 Å². The molecule has 0 aliphatic carbocycles. The number of carbonyl (C=O) groups excluding carboxylic acids is 1. The minimum atomic E-state index is -1.18. The molecule has 1 saturated heterocycles. The summed E-state index contributed by atoms with van der Waals surface area (Å²) in [7, 11) is 0. The molecule has 0 N–H and O–H groups in total. The second kappa shape index (κ2) is 9.03. The molecule has 1 aromatic carbocycles. The van der Waals surface area contributed by atoms with E-state index in [1.807, 2.05) is 0 Å². The Morgan fingerprint density at radius 1 is 1.21 bits per heavy atom. The summed E-state index contributed by atoms with van der Waals surface area (Å²) in [5.41, 5.74) is -0.625. The molecule has 5 rings (SSSR count). The number of benzene rings is 1. The van der Waals surface area contributed by atoms with Gasteiger partial charge in [0.25, 0.3) is 11.5 Å². The van der Waals surface area contributed by atoms with Crippen LogP contribution in [0.3, 0.4) is 0 Å². The lowest BCUT2D eigenvalue weighted by Crippen LogP contribution is -2.45. The number of amides is 1. The van der Waals surface area contributed by atoms with Crippen molar-refractivity contribution in [2.24, 2.45) is 5.10 Å². The smallest absolute Gasteiger partial charge is 0.333 e. The lowest BCUT2D eigenvalue weighted by atomic mass is 10.0. The first-order valence-corrected chi connectivity index (χ1v) is 11.1. The maximum atomic E-state index is 14.4. The van der Waals surface area contributed by atoms with Crippen molar-refractivity contribution in [1.29, 1.82) is 0 Å². The predicted octanol–water partition coefficient (Wildman–Crippen LogP) is 3.08. The minimum Gasteiger partial charge on any atom is -0.467 e. The Morgan fingerprint density at radius 2 is 2.00 bits per heavy atom. The van der Waals surface area contributed by atoms with Crippen LogP contribution in [0.5, 0.6) is 0 Å². The van der Waals surface area contributed by atoms with Crippen molar-refractivity contribution in [3.63, 3.8) is 0 Å². The van der Waals surface area contributed by atoms with Crippen LogP contribution < -0.4 is 11.2 Å².